The highest BCUT2D eigenvalue weighted by atomic mass is 79.9. The maximum Gasteiger partial charge on any atom is 0.260 e. The van der Waals surface area contributed by atoms with E-state index < -0.39 is 5.54 Å². The molecule has 1 atom stereocenters. The maximum absolute atomic E-state index is 13.5. The Labute approximate surface area is 175 Å². The number of rotatable bonds is 3. The highest BCUT2D eigenvalue weighted by Gasteiger charge is 2.50. The van der Waals surface area contributed by atoms with Gasteiger partial charge in [0.15, 0.2) is 0 Å². The van der Waals surface area contributed by atoms with Crippen LogP contribution in [0.15, 0.2) is 46.9 Å². The summed E-state index contributed by atoms with van der Waals surface area (Å²) in [6, 6.07) is 13.0. The molecule has 1 aliphatic heterocycles. The molecular weight excluding hydrogens is 451 g/mol. The lowest BCUT2D eigenvalue weighted by Gasteiger charge is -2.25. The van der Waals surface area contributed by atoms with E-state index in [1.807, 2.05) is 42.7 Å². The van der Waals surface area contributed by atoms with E-state index in [4.69, 9.17) is 23.2 Å². The van der Waals surface area contributed by atoms with E-state index in [9.17, 15) is 4.79 Å². The van der Waals surface area contributed by atoms with E-state index in [0.717, 1.165) is 10.0 Å². The van der Waals surface area contributed by atoms with Crippen molar-refractivity contribution in [2.45, 2.75) is 25.8 Å². The van der Waals surface area contributed by atoms with Crippen LogP contribution in [0.1, 0.15) is 18.3 Å². The lowest BCUT2D eigenvalue weighted by Crippen LogP contribution is -2.41. The second kappa shape index (κ2) is 6.62. The van der Waals surface area contributed by atoms with Crippen LogP contribution in [0.25, 0.3) is 0 Å². The predicted octanol–water partition coefficient (Wildman–Crippen LogP) is 5.29. The molecule has 5 nitrogen and oxygen atoms in total. The van der Waals surface area contributed by atoms with Crippen molar-refractivity contribution in [3.05, 3.63) is 68.4 Å². The zero-order chi connectivity index (χ0) is 19.3. The molecule has 27 heavy (non-hydrogen) atoms. The van der Waals surface area contributed by atoms with Crippen molar-refractivity contribution < 1.29 is 4.79 Å². The lowest BCUT2D eigenvalue weighted by atomic mass is 9.92. The van der Waals surface area contributed by atoms with Gasteiger partial charge in [-0.3, -0.25) is 9.36 Å². The Morgan fingerprint density at radius 3 is 2.33 bits per heavy atom. The summed E-state index contributed by atoms with van der Waals surface area (Å²) < 4.78 is 2.87. The van der Waals surface area contributed by atoms with Crippen molar-refractivity contribution in [2.75, 3.05) is 4.90 Å². The van der Waals surface area contributed by atoms with Crippen molar-refractivity contribution >= 4 is 56.7 Å². The molecule has 0 saturated heterocycles. The van der Waals surface area contributed by atoms with Gasteiger partial charge in [-0.05, 0) is 49.7 Å². The minimum Gasteiger partial charge on any atom is -0.281 e. The summed E-state index contributed by atoms with van der Waals surface area (Å²) in [6.07, 6.45) is 0.510. The smallest absolute Gasteiger partial charge is 0.260 e. The molecule has 0 fully saturated rings. The summed E-state index contributed by atoms with van der Waals surface area (Å²) in [5, 5.41) is 9.34. The van der Waals surface area contributed by atoms with Gasteiger partial charge in [0.05, 0.1) is 5.69 Å². The van der Waals surface area contributed by atoms with Gasteiger partial charge in [-0.25, -0.2) is 4.90 Å². The van der Waals surface area contributed by atoms with Gasteiger partial charge in [0.2, 0.25) is 5.95 Å². The Balaban J connectivity index is 1.83. The molecule has 0 radical (unpaired) electrons. The third kappa shape index (κ3) is 3.06. The van der Waals surface area contributed by atoms with Crippen molar-refractivity contribution in [1.82, 2.24) is 14.8 Å². The van der Waals surface area contributed by atoms with Crippen molar-refractivity contribution in [3.8, 4) is 0 Å². The number of aryl methyl sites for hydroxylation is 1. The first-order valence-electron chi connectivity index (χ1n) is 8.27. The van der Waals surface area contributed by atoms with Gasteiger partial charge >= 0.3 is 0 Å². The highest BCUT2D eigenvalue weighted by molar-refractivity contribution is 9.10. The van der Waals surface area contributed by atoms with Crippen LogP contribution in [0.5, 0.6) is 0 Å². The molecule has 0 spiro atoms. The summed E-state index contributed by atoms with van der Waals surface area (Å²) in [5.74, 6) is 1.04. The number of amides is 1. The molecule has 0 N–H and O–H groups in total. The molecule has 0 bridgehead atoms. The zero-order valence-electron chi connectivity index (χ0n) is 14.6. The van der Waals surface area contributed by atoms with Gasteiger partial charge < -0.3 is 0 Å². The monoisotopic (exact) mass is 464 g/mol. The van der Waals surface area contributed by atoms with Crippen molar-refractivity contribution in [2.24, 2.45) is 0 Å². The Morgan fingerprint density at radius 2 is 1.70 bits per heavy atom. The molecule has 0 aliphatic carbocycles. The summed E-state index contributed by atoms with van der Waals surface area (Å²) >= 11 is 15.8. The van der Waals surface area contributed by atoms with Crippen LogP contribution in [0.2, 0.25) is 10.0 Å². The number of halogens is 3. The van der Waals surface area contributed by atoms with E-state index in [1.54, 1.807) is 18.2 Å². The third-order valence-corrected chi connectivity index (χ3v) is 5.70. The number of carbonyl (C=O) groups excluding carboxylic acids is 1. The lowest BCUT2D eigenvalue weighted by molar-refractivity contribution is -0.124. The minimum absolute atomic E-state index is 0.100. The van der Waals surface area contributed by atoms with Crippen LogP contribution < -0.4 is 4.90 Å². The molecule has 1 aromatic heterocycles. The molecule has 2 aromatic carbocycles. The van der Waals surface area contributed by atoms with Crippen LogP contribution >= 0.6 is 39.1 Å². The molecule has 0 saturated carbocycles. The van der Waals surface area contributed by atoms with Gasteiger partial charge in [-0.15, -0.1) is 10.2 Å². The number of carbonyl (C=O) groups is 1. The average Bonchev–Trinajstić information content (AvgIpc) is 3.07. The predicted molar refractivity (Wildman–Crippen MR) is 110 cm³/mol. The summed E-state index contributed by atoms with van der Waals surface area (Å²) in [5.41, 5.74) is 0.760. The Hall–Kier alpha value is -1.89. The number of hydrogen-bond donors (Lipinski definition) is 0. The van der Waals surface area contributed by atoms with Gasteiger partial charge in [0, 0.05) is 20.9 Å². The SMILES string of the molecule is Cc1nnc2n1C(C)(Cc1ccc(Br)cc1)C(=O)N2c1cc(Cl)cc(Cl)c1. The second-order valence-corrected chi connectivity index (χ2v) is 8.52. The minimum atomic E-state index is -0.856. The van der Waals surface area contributed by atoms with Crippen LogP contribution in [0, 0.1) is 6.92 Å². The Morgan fingerprint density at radius 1 is 1.07 bits per heavy atom. The molecule has 4 rings (SSSR count). The maximum atomic E-state index is 13.5. The van der Waals surface area contributed by atoms with E-state index in [1.165, 1.54) is 4.90 Å². The summed E-state index contributed by atoms with van der Waals surface area (Å²) in [7, 11) is 0. The third-order valence-electron chi connectivity index (χ3n) is 4.73. The fourth-order valence-electron chi connectivity index (χ4n) is 3.56. The topological polar surface area (TPSA) is 51.0 Å². The van der Waals surface area contributed by atoms with E-state index >= 15 is 0 Å². The highest BCUT2D eigenvalue weighted by Crippen LogP contribution is 2.42. The quantitative estimate of drug-likeness (QED) is 0.527. The molecule has 2 heterocycles. The molecule has 8 heteroatoms. The van der Waals surface area contributed by atoms with Crippen molar-refractivity contribution in [1.29, 1.82) is 0 Å². The normalized spacial score (nSPS) is 18.9. The molecule has 3 aromatic rings. The first-order chi connectivity index (χ1) is 12.8. The number of aromatic nitrogens is 3. The summed E-state index contributed by atoms with van der Waals surface area (Å²) in [4.78, 5) is 15.1. The number of fused-ring (bicyclic) bond motifs is 1. The van der Waals surface area contributed by atoms with Gasteiger partial charge in [0.1, 0.15) is 11.4 Å². The van der Waals surface area contributed by atoms with E-state index in [0.29, 0.717) is 33.9 Å². The standard InChI is InChI=1S/C19H15BrCl2N4O/c1-11-23-24-18-25(16-8-14(21)7-15(22)9-16)17(27)19(2,26(11)18)10-12-3-5-13(20)6-4-12/h3-9H,10H2,1-2H3. The summed E-state index contributed by atoms with van der Waals surface area (Å²) in [6.45, 7) is 3.75. The Kier molecular flexibility index (Phi) is 4.53. The molecule has 1 unspecified atom stereocenters. The number of hydrogen-bond acceptors (Lipinski definition) is 3. The Bertz CT molecular complexity index is 1030. The zero-order valence-corrected chi connectivity index (χ0v) is 17.7. The molecule has 1 aliphatic rings. The first-order valence-corrected chi connectivity index (χ1v) is 9.82. The van der Waals surface area contributed by atoms with Crippen LogP contribution in [0.3, 0.4) is 0 Å². The second-order valence-electron chi connectivity index (χ2n) is 6.73. The van der Waals surface area contributed by atoms with Crippen LogP contribution in [-0.2, 0) is 16.8 Å². The molecule has 1 amide bonds. The average molecular weight is 466 g/mol. The fourth-order valence-corrected chi connectivity index (χ4v) is 4.34. The molecule has 138 valence electrons. The van der Waals surface area contributed by atoms with E-state index in [2.05, 4.69) is 26.1 Å². The van der Waals surface area contributed by atoms with Gasteiger partial charge in [-0.2, -0.15) is 0 Å². The molecular formula is C19H15BrCl2N4O. The number of benzene rings is 2. The van der Waals surface area contributed by atoms with Crippen molar-refractivity contribution in [3.63, 3.8) is 0 Å². The number of nitrogens with zero attached hydrogens (tertiary/aromatic N) is 4. The van der Waals surface area contributed by atoms with E-state index in [-0.39, 0.29) is 5.91 Å². The van der Waals surface area contributed by atoms with Crippen LogP contribution in [-0.4, -0.2) is 20.7 Å². The number of anilines is 2. The van der Waals surface area contributed by atoms with Crippen LogP contribution in [0.4, 0.5) is 11.6 Å². The first kappa shape index (κ1) is 18.5. The van der Waals surface area contributed by atoms with Gasteiger partial charge in [-0.1, -0.05) is 51.3 Å². The fraction of sp³-hybridized carbons (Fsp3) is 0.211. The largest absolute Gasteiger partial charge is 0.281 e. The van der Waals surface area contributed by atoms with Gasteiger partial charge in [0.25, 0.3) is 5.91 Å².